The first-order chi connectivity index (χ1) is 13.2. The van der Waals surface area contributed by atoms with Gasteiger partial charge in [-0.05, 0) is 36.6 Å². The van der Waals surface area contributed by atoms with Gasteiger partial charge in [-0.15, -0.1) is 0 Å². The zero-order valence-electron chi connectivity index (χ0n) is 16.5. The van der Waals surface area contributed by atoms with Crippen LogP contribution in [0.15, 0.2) is 23.1 Å². The number of ether oxygens (including phenoxy) is 2. The van der Waals surface area contributed by atoms with Gasteiger partial charge in [0.1, 0.15) is 12.0 Å². The summed E-state index contributed by atoms with van der Waals surface area (Å²) in [6.45, 7) is 6.20. The van der Waals surface area contributed by atoms with Crippen LogP contribution >= 0.6 is 0 Å². The molecule has 1 aliphatic heterocycles. The minimum Gasteiger partial charge on any atom is -0.496 e. The summed E-state index contributed by atoms with van der Waals surface area (Å²) in [6.07, 6.45) is -0.880. The molecule has 0 saturated carbocycles. The number of methoxy groups -OCH3 is 1. The van der Waals surface area contributed by atoms with Gasteiger partial charge in [-0.25, -0.2) is 8.42 Å². The van der Waals surface area contributed by atoms with Crippen LogP contribution in [0.25, 0.3) is 0 Å². The van der Waals surface area contributed by atoms with E-state index in [1.165, 1.54) is 23.5 Å². The van der Waals surface area contributed by atoms with E-state index in [2.05, 4.69) is 10.6 Å². The van der Waals surface area contributed by atoms with Crippen molar-refractivity contribution >= 4 is 21.8 Å². The maximum atomic E-state index is 13.0. The van der Waals surface area contributed by atoms with Crippen LogP contribution in [-0.4, -0.2) is 64.1 Å². The number of nitrogens with zero attached hydrogens (tertiary/aromatic N) is 1. The summed E-state index contributed by atoms with van der Waals surface area (Å²) < 4.78 is 37.7. The maximum absolute atomic E-state index is 13.0. The van der Waals surface area contributed by atoms with E-state index in [0.717, 1.165) is 0 Å². The highest BCUT2D eigenvalue weighted by Crippen LogP contribution is 2.26. The lowest BCUT2D eigenvalue weighted by Gasteiger charge is -2.23. The molecule has 1 aromatic rings. The van der Waals surface area contributed by atoms with Crippen LogP contribution in [0.3, 0.4) is 0 Å². The topological polar surface area (TPSA) is 114 Å². The van der Waals surface area contributed by atoms with Gasteiger partial charge < -0.3 is 20.1 Å². The minimum absolute atomic E-state index is 0.113. The quantitative estimate of drug-likeness (QED) is 0.619. The minimum atomic E-state index is -3.82. The van der Waals surface area contributed by atoms with E-state index in [1.54, 1.807) is 13.0 Å². The first-order valence-corrected chi connectivity index (χ1v) is 10.4. The number of carbonyl (C=O) groups excluding carboxylic acids is 2. The molecule has 10 heteroatoms. The predicted octanol–water partition coefficient (Wildman–Crippen LogP) is 0.239. The van der Waals surface area contributed by atoms with Gasteiger partial charge in [-0.3, -0.25) is 9.59 Å². The van der Waals surface area contributed by atoms with Gasteiger partial charge in [0, 0.05) is 13.1 Å². The number of amides is 2. The standard InChI is InChI=1S/C18H27N3O6S/c1-12(2)10-19-17(22)18(23)20-11-16-21(7-8-27-16)28(24,25)14-5-6-15(26-4)13(3)9-14/h5-6,9,12,16H,7-8,10-11H2,1-4H3,(H,19,22)(H,20,23)/t16-/m0/s1. The zero-order chi connectivity index (χ0) is 20.9. The fourth-order valence-electron chi connectivity index (χ4n) is 2.73. The van der Waals surface area contributed by atoms with Gasteiger partial charge >= 0.3 is 11.8 Å². The lowest BCUT2D eigenvalue weighted by Crippen LogP contribution is -2.47. The van der Waals surface area contributed by atoms with E-state index in [1.807, 2.05) is 13.8 Å². The molecule has 2 N–H and O–H groups in total. The third-order valence-electron chi connectivity index (χ3n) is 4.23. The van der Waals surface area contributed by atoms with Crippen molar-refractivity contribution < 1.29 is 27.5 Å². The van der Waals surface area contributed by atoms with E-state index >= 15 is 0 Å². The molecule has 1 aromatic carbocycles. The van der Waals surface area contributed by atoms with Crippen LogP contribution in [0.5, 0.6) is 5.75 Å². The average molecular weight is 413 g/mol. The number of carbonyl (C=O) groups is 2. The number of hydrogen-bond donors (Lipinski definition) is 2. The summed E-state index contributed by atoms with van der Waals surface area (Å²) >= 11 is 0. The Bertz CT molecular complexity index is 825. The lowest BCUT2D eigenvalue weighted by atomic mass is 10.2. The normalized spacial score (nSPS) is 17.5. The van der Waals surface area contributed by atoms with Crippen LogP contribution in [-0.2, 0) is 24.3 Å². The van der Waals surface area contributed by atoms with Gasteiger partial charge in [0.05, 0.1) is 25.2 Å². The third kappa shape index (κ3) is 5.21. The Morgan fingerprint density at radius 2 is 1.96 bits per heavy atom. The highest BCUT2D eigenvalue weighted by molar-refractivity contribution is 7.89. The predicted molar refractivity (Wildman–Crippen MR) is 102 cm³/mol. The zero-order valence-corrected chi connectivity index (χ0v) is 17.3. The molecule has 0 radical (unpaired) electrons. The molecule has 0 aliphatic carbocycles. The second-order valence-electron chi connectivity index (χ2n) is 6.89. The summed E-state index contributed by atoms with van der Waals surface area (Å²) in [5, 5.41) is 4.94. The van der Waals surface area contributed by atoms with Crippen molar-refractivity contribution in [2.24, 2.45) is 5.92 Å². The Labute approximate surface area is 165 Å². The molecule has 2 amide bonds. The SMILES string of the molecule is COc1ccc(S(=O)(=O)N2CCO[C@H]2CNC(=O)C(=O)NCC(C)C)cc1C. The Morgan fingerprint density at radius 3 is 2.57 bits per heavy atom. The van der Waals surface area contributed by atoms with Crippen LogP contribution < -0.4 is 15.4 Å². The molecular formula is C18H27N3O6S. The van der Waals surface area contributed by atoms with Gasteiger partial charge in [-0.2, -0.15) is 4.31 Å². The molecule has 28 heavy (non-hydrogen) atoms. The monoisotopic (exact) mass is 413 g/mol. The van der Waals surface area contributed by atoms with Crippen molar-refractivity contribution in [3.63, 3.8) is 0 Å². The molecule has 156 valence electrons. The smallest absolute Gasteiger partial charge is 0.309 e. The third-order valence-corrected chi connectivity index (χ3v) is 6.12. The van der Waals surface area contributed by atoms with Gasteiger partial charge in [0.2, 0.25) is 10.0 Å². The van der Waals surface area contributed by atoms with E-state index in [4.69, 9.17) is 9.47 Å². The average Bonchev–Trinajstić information content (AvgIpc) is 3.13. The first kappa shape index (κ1) is 22.1. The second kappa shape index (κ2) is 9.35. The van der Waals surface area contributed by atoms with Crippen LogP contribution in [0.1, 0.15) is 19.4 Å². The molecule has 1 aliphatic rings. The van der Waals surface area contributed by atoms with Crippen molar-refractivity contribution in [3.8, 4) is 5.75 Å². The van der Waals surface area contributed by atoms with Crippen LogP contribution in [0, 0.1) is 12.8 Å². The lowest BCUT2D eigenvalue weighted by molar-refractivity contribution is -0.139. The van der Waals surface area contributed by atoms with Crippen molar-refractivity contribution in [1.29, 1.82) is 0 Å². The van der Waals surface area contributed by atoms with Gasteiger partial charge in [0.25, 0.3) is 0 Å². The Morgan fingerprint density at radius 1 is 1.29 bits per heavy atom. The summed E-state index contributed by atoms with van der Waals surface area (Å²) in [6, 6.07) is 4.59. The summed E-state index contributed by atoms with van der Waals surface area (Å²) in [4.78, 5) is 23.7. The largest absolute Gasteiger partial charge is 0.496 e. The molecule has 1 saturated heterocycles. The summed E-state index contributed by atoms with van der Waals surface area (Å²) in [7, 11) is -2.31. The van der Waals surface area contributed by atoms with Crippen LogP contribution in [0.2, 0.25) is 0 Å². The van der Waals surface area contributed by atoms with Crippen molar-refractivity contribution in [3.05, 3.63) is 23.8 Å². The first-order valence-electron chi connectivity index (χ1n) is 9.01. The molecule has 2 rings (SSSR count). The fraction of sp³-hybridized carbons (Fsp3) is 0.556. The van der Waals surface area contributed by atoms with Gasteiger partial charge in [-0.1, -0.05) is 13.8 Å². The number of sulfonamides is 1. The fourth-order valence-corrected chi connectivity index (χ4v) is 4.32. The number of aryl methyl sites for hydroxylation is 1. The van der Waals surface area contributed by atoms with E-state index < -0.39 is 28.1 Å². The Balaban J connectivity index is 2.04. The Kier molecular flexibility index (Phi) is 7.39. The maximum Gasteiger partial charge on any atom is 0.309 e. The molecule has 0 aromatic heterocycles. The molecule has 0 bridgehead atoms. The van der Waals surface area contributed by atoms with Crippen LogP contribution in [0.4, 0.5) is 0 Å². The number of benzene rings is 1. The molecule has 1 heterocycles. The van der Waals surface area contributed by atoms with Crippen molar-refractivity contribution in [2.45, 2.75) is 31.9 Å². The molecule has 1 atom stereocenters. The van der Waals surface area contributed by atoms with E-state index in [-0.39, 0.29) is 30.5 Å². The van der Waals surface area contributed by atoms with Crippen molar-refractivity contribution in [1.82, 2.24) is 14.9 Å². The number of nitrogens with one attached hydrogen (secondary N) is 2. The molecule has 0 unspecified atom stereocenters. The van der Waals surface area contributed by atoms with E-state index in [9.17, 15) is 18.0 Å². The summed E-state index contributed by atoms with van der Waals surface area (Å²) in [5.74, 6) is -0.781. The molecule has 1 fully saturated rings. The second-order valence-corrected chi connectivity index (χ2v) is 8.78. The van der Waals surface area contributed by atoms with Crippen molar-refractivity contribution in [2.75, 3.05) is 33.4 Å². The molecule has 9 nitrogen and oxygen atoms in total. The van der Waals surface area contributed by atoms with Gasteiger partial charge in [0.15, 0.2) is 0 Å². The Hall–Kier alpha value is -2.17. The summed E-state index contributed by atoms with van der Waals surface area (Å²) in [5.41, 5.74) is 0.690. The molecular weight excluding hydrogens is 386 g/mol. The number of hydrogen-bond acceptors (Lipinski definition) is 6. The molecule has 0 spiro atoms. The number of rotatable bonds is 7. The highest BCUT2D eigenvalue weighted by atomic mass is 32.2. The highest BCUT2D eigenvalue weighted by Gasteiger charge is 2.37. The van der Waals surface area contributed by atoms with E-state index in [0.29, 0.717) is 17.9 Å².